The first-order valence-electron chi connectivity index (χ1n) is 7.52. The molecule has 1 aromatic heterocycles. The molecule has 1 saturated carbocycles. The number of nitrogens with two attached hydrogens (primary N) is 1. The Morgan fingerprint density at radius 2 is 2.05 bits per heavy atom. The molecule has 7 nitrogen and oxygen atoms in total. The Labute approximate surface area is 134 Å². The monoisotopic (exact) mass is 325 g/mol. The average Bonchev–Trinajstić information content (AvgIpc) is 3.19. The zero-order valence-electron chi connectivity index (χ0n) is 13.2. The highest BCUT2D eigenvalue weighted by molar-refractivity contribution is 7.99. The van der Waals surface area contributed by atoms with E-state index in [0.29, 0.717) is 17.0 Å². The highest BCUT2D eigenvalue weighted by atomic mass is 32.2. The van der Waals surface area contributed by atoms with E-state index < -0.39 is 5.91 Å². The molecule has 1 aliphatic carbocycles. The van der Waals surface area contributed by atoms with Gasteiger partial charge >= 0.3 is 0 Å². The number of thioether (sulfide) groups is 1. The highest BCUT2D eigenvalue weighted by Gasteiger charge is 2.31. The second-order valence-corrected chi connectivity index (χ2v) is 7.00. The molecule has 1 aromatic rings. The van der Waals surface area contributed by atoms with Crippen molar-refractivity contribution in [3.63, 3.8) is 0 Å². The van der Waals surface area contributed by atoms with Crippen LogP contribution < -0.4 is 11.1 Å². The summed E-state index contributed by atoms with van der Waals surface area (Å²) in [6.45, 7) is 6.16. The molecule has 3 N–H and O–H groups in total. The molecule has 0 unspecified atom stereocenters. The van der Waals surface area contributed by atoms with Crippen LogP contribution in [0.15, 0.2) is 5.16 Å². The molecule has 1 heterocycles. The Hall–Kier alpha value is -1.57. The normalized spacial score (nSPS) is 15.8. The molecule has 22 heavy (non-hydrogen) atoms. The van der Waals surface area contributed by atoms with E-state index in [0.717, 1.165) is 18.7 Å². The SMILES string of the molecule is CC(C)[C@H](C)NC(=O)CSc1nnc(C2CC2)n1CC(N)=O. The van der Waals surface area contributed by atoms with E-state index in [1.165, 1.54) is 11.8 Å². The average molecular weight is 325 g/mol. The topological polar surface area (TPSA) is 103 Å². The van der Waals surface area contributed by atoms with Gasteiger partial charge in [-0.1, -0.05) is 25.6 Å². The first kappa shape index (κ1) is 16.8. The van der Waals surface area contributed by atoms with Crippen molar-refractivity contribution in [3.8, 4) is 0 Å². The predicted octanol–water partition coefficient (Wildman–Crippen LogP) is 0.894. The van der Waals surface area contributed by atoms with Crippen LogP contribution in [-0.2, 0) is 16.1 Å². The number of amides is 2. The molecule has 0 spiro atoms. The standard InChI is InChI=1S/C14H23N5O2S/c1-8(2)9(3)16-12(21)7-22-14-18-17-13(10-4-5-10)19(14)6-11(15)20/h8-10H,4-7H2,1-3H3,(H2,15,20)(H,16,21)/t9-/m0/s1. The van der Waals surface area contributed by atoms with Gasteiger partial charge in [-0.15, -0.1) is 10.2 Å². The van der Waals surface area contributed by atoms with Crippen molar-refractivity contribution >= 4 is 23.6 Å². The van der Waals surface area contributed by atoms with Gasteiger partial charge in [0.25, 0.3) is 0 Å². The summed E-state index contributed by atoms with van der Waals surface area (Å²) in [5, 5.41) is 11.8. The van der Waals surface area contributed by atoms with Crippen LogP contribution in [0.1, 0.15) is 45.4 Å². The Bertz CT molecular complexity index is 553. The molecule has 0 bridgehead atoms. The zero-order valence-corrected chi connectivity index (χ0v) is 14.0. The summed E-state index contributed by atoms with van der Waals surface area (Å²) in [4.78, 5) is 23.2. The van der Waals surface area contributed by atoms with Gasteiger partial charge < -0.3 is 11.1 Å². The lowest BCUT2D eigenvalue weighted by Gasteiger charge is -2.17. The smallest absolute Gasteiger partial charge is 0.237 e. The van der Waals surface area contributed by atoms with Crippen LogP contribution in [0.2, 0.25) is 0 Å². The summed E-state index contributed by atoms with van der Waals surface area (Å²) in [7, 11) is 0. The molecule has 8 heteroatoms. The fraction of sp³-hybridized carbons (Fsp3) is 0.714. The van der Waals surface area contributed by atoms with Crippen LogP contribution >= 0.6 is 11.8 Å². The van der Waals surface area contributed by atoms with Gasteiger partial charge in [0, 0.05) is 12.0 Å². The molecule has 0 saturated heterocycles. The number of carbonyl (C=O) groups is 2. The van der Waals surface area contributed by atoms with Gasteiger partial charge in [0.15, 0.2) is 5.16 Å². The van der Waals surface area contributed by atoms with Gasteiger partial charge in [-0.3, -0.25) is 14.2 Å². The van der Waals surface area contributed by atoms with E-state index in [1.54, 1.807) is 4.57 Å². The minimum atomic E-state index is -0.429. The lowest BCUT2D eigenvalue weighted by atomic mass is 10.1. The Morgan fingerprint density at radius 3 is 2.59 bits per heavy atom. The number of nitrogens with one attached hydrogen (secondary N) is 1. The molecular weight excluding hydrogens is 302 g/mol. The molecule has 2 amide bonds. The van der Waals surface area contributed by atoms with Crippen LogP contribution in [0.25, 0.3) is 0 Å². The second kappa shape index (κ2) is 7.13. The number of hydrogen-bond acceptors (Lipinski definition) is 5. The summed E-state index contributed by atoms with van der Waals surface area (Å²) < 4.78 is 1.74. The summed E-state index contributed by atoms with van der Waals surface area (Å²) in [5.74, 6) is 1.33. The molecule has 0 radical (unpaired) electrons. The summed E-state index contributed by atoms with van der Waals surface area (Å²) in [6, 6.07) is 0.124. The van der Waals surface area contributed by atoms with E-state index >= 15 is 0 Å². The van der Waals surface area contributed by atoms with Crippen molar-refractivity contribution in [3.05, 3.63) is 5.82 Å². The lowest BCUT2D eigenvalue weighted by molar-refractivity contribution is -0.119. The first-order chi connectivity index (χ1) is 10.4. The summed E-state index contributed by atoms with van der Waals surface area (Å²) >= 11 is 1.29. The number of carbonyl (C=O) groups excluding carboxylic acids is 2. The third kappa shape index (κ3) is 4.46. The minimum absolute atomic E-state index is 0.0483. The lowest BCUT2D eigenvalue weighted by Crippen LogP contribution is -2.37. The van der Waals surface area contributed by atoms with Crippen molar-refractivity contribution in [1.82, 2.24) is 20.1 Å². The summed E-state index contributed by atoms with van der Waals surface area (Å²) in [6.07, 6.45) is 2.13. The molecule has 0 aromatic carbocycles. The second-order valence-electron chi connectivity index (χ2n) is 6.06. The molecule has 1 fully saturated rings. The van der Waals surface area contributed by atoms with Crippen molar-refractivity contribution < 1.29 is 9.59 Å². The van der Waals surface area contributed by atoms with Crippen LogP contribution in [0.4, 0.5) is 0 Å². The molecule has 1 atom stereocenters. The largest absolute Gasteiger partial charge is 0.368 e. The van der Waals surface area contributed by atoms with E-state index in [4.69, 9.17) is 5.73 Å². The fourth-order valence-corrected chi connectivity index (χ4v) is 2.70. The van der Waals surface area contributed by atoms with Crippen molar-refractivity contribution in [2.75, 3.05) is 5.75 Å². The van der Waals surface area contributed by atoms with Gasteiger partial charge in [-0.05, 0) is 25.7 Å². The van der Waals surface area contributed by atoms with Crippen LogP contribution in [0.3, 0.4) is 0 Å². The van der Waals surface area contributed by atoms with Crippen LogP contribution in [0.5, 0.6) is 0 Å². The molecule has 0 aliphatic heterocycles. The Morgan fingerprint density at radius 1 is 1.36 bits per heavy atom. The highest BCUT2D eigenvalue weighted by Crippen LogP contribution is 2.39. The quantitative estimate of drug-likeness (QED) is 0.691. The number of aromatic nitrogens is 3. The number of nitrogens with zero attached hydrogens (tertiary/aromatic N) is 3. The van der Waals surface area contributed by atoms with Crippen LogP contribution in [0, 0.1) is 5.92 Å². The number of primary amides is 1. The van der Waals surface area contributed by atoms with Gasteiger partial charge in [0.2, 0.25) is 11.8 Å². The summed E-state index contributed by atoms with van der Waals surface area (Å²) in [5.41, 5.74) is 5.29. The van der Waals surface area contributed by atoms with Crippen LogP contribution in [-0.4, -0.2) is 38.4 Å². The van der Waals surface area contributed by atoms with E-state index in [-0.39, 0.29) is 24.2 Å². The molecule has 122 valence electrons. The number of rotatable bonds is 8. The van der Waals surface area contributed by atoms with Gasteiger partial charge in [-0.2, -0.15) is 0 Å². The van der Waals surface area contributed by atoms with Gasteiger partial charge in [0.05, 0.1) is 5.75 Å². The predicted molar refractivity (Wildman–Crippen MR) is 84.4 cm³/mol. The maximum atomic E-state index is 11.9. The van der Waals surface area contributed by atoms with E-state index in [2.05, 4.69) is 29.4 Å². The van der Waals surface area contributed by atoms with Crippen molar-refractivity contribution in [1.29, 1.82) is 0 Å². The van der Waals surface area contributed by atoms with Gasteiger partial charge in [0.1, 0.15) is 12.4 Å². The minimum Gasteiger partial charge on any atom is -0.368 e. The third-order valence-electron chi connectivity index (χ3n) is 3.72. The van der Waals surface area contributed by atoms with E-state index in [1.807, 2.05) is 6.92 Å². The molecule has 2 rings (SSSR count). The van der Waals surface area contributed by atoms with E-state index in [9.17, 15) is 9.59 Å². The zero-order chi connectivity index (χ0) is 16.3. The van der Waals surface area contributed by atoms with Crippen molar-refractivity contribution in [2.24, 2.45) is 11.7 Å². The Balaban J connectivity index is 1.97. The van der Waals surface area contributed by atoms with Crippen molar-refractivity contribution in [2.45, 2.75) is 57.3 Å². The molecule has 1 aliphatic rings. The maximum Gasteiger partial charge on any atom is 0.237 e. The molecular formula is C14H23N5O2S. The number of hydrogen-bond donors (Lipinski definition) is 2. The fourth-order valence-electron chi connectivity index (χ4n) is 1.95. The Kier molecular flexibility index (Phi) is 5.44. The third-order valence-corrected chi connectivity index (χ3v) is 4.69. The first-order valence-corrected chi connectivity index (χ1v) is 8.50. The van der Waals surface area contributed by atoms with Gasteiger partial charge in [-0.25, -0.2) is 0 Å². The maximum absolute atomic E-state index is 11.9.